The summed E-state index contributed by atoms with van der Waals surface area (Å²) >= 11 is 5.88. The Hall–Kier alpha value is -2.77. The van der Waals surface area contributed by atoms with Crippen LogP contribution < -0.4 is 9.47 Å². The SMILES string of the molecule is CCCCCN(CCOc1ccc(CC(OCC)C(=O)O)cc1)C(=O)Oc1ccc(Cl)cc1. The molecular weight excluding hydrogens is 446 g/mol. The first-order valence-electron chi connectivity index (χ1n) is 11.2. The molecule has 0 aliphatic heterocycles. The molecule has 0 spiro atoms. The number of amides is 1. The van der Waals surface area contributed by atoms with Crippen molar-refractivity contribution in [2.75, 3.05) is 26.3 Å². The quantitative estimate of drug-likeness (QED) is 0.364. The molecule has 1 amide bonds. The van der Waals surface area contributed by atoms with Crippen LogP contribution in [0.4, 0.5) is 4.79 Å². The molecule has 0 fully saturated rings. The van der Waals surface area contributed by atoms with Crippen molar-refractivity contribution in [3.05, 3.63) is 59.1 Å². The van der Waals surface area contributed by atoms with Gasteiger partial charge in [-0.2, -0.15) is 0 Å². The highest BCUT2D eigenvalue weighted by molar-refractivity contribution is 6.30. The number of halogens is 1. The number of carboxylic acid groups (broad SMARTS) is 1. The highest BCUT2D eigenvalue weighted by atomic mass is 35.5. The highest BCUT2D eigenvalue weighted by Crippen LogP contribution is 2.17. The number of ether oxygens (including phenoxy) is 3. The molecule has 33 heavy (non-hydrogen) atoms. The fourth-order valence-electron chi connectivity index (χ4n) is 3.14. The number of carbonyl (C=O) groups excluding carboxylic acids is 1. The van der Waals surface area contributed by atoms with Crippen molar-refractivity contribution >= 4 is 23.7 Å². The van der Waals surface area contributed by atoms with Crippen molar-refractivity contribution in [1.82, 2.24) is 4.90 Å². The summed E-state index contributed by atoms with van der Waals surface area (Å²) in [7, 11) is 0. The molecule has 180 valence electrons. The monoisotopic (exact) mass is 477 g/mol. The van der Waals surface area contributed by atoms with Gasteiger partial charge in [0.25, 0.3) is 0 Å². The maximum absolute atomic E-state index is 12.6. The Kier molecular flexibility index (Phi) is 11.6. The summed E-state index contributed by atoms with van der Waals surface area (Å²) < 4.78 is 16.5. The second-order valence-electron chi connectivity index (χ2n) is 7.49. The first-order valence-corrected chi connectivity index (χ1v) is 11.6. The van der Waals surface area contributed by atoms with Crippen LogP contribution in [0.25, 0.3) is 0 Å². The van der Waals surface area contributed by atoms with Crippen LogP contribution in [0.2, 0.25) is 5.02 Å². The maximum Gasteiger partial charge on any atom is 0.415 e. The van der Waals surface area contributed by atoms with E-state index in [-0.39, 0.29) is 6.42 Å². The van der Waals surface area contributed by atoms with E-state index < -0.39 is 18.2 Å². The number of rotatable bonds is 14. The molecule has 7 nitrogen and oxygen atoms in total. The molecule has 8 heteroatoms. The minimum atomic E-state index is -0.981. The number of unbranched alkanes of at least 4 members (excludes halogenated alkanes) is 2. The molecule has 0 radical (unpaired) electrons. The molecule has 0 heterocycles. The third-order valence-corrected chi connectivity index (χ3v) is 5.18. The van der Waals surface area contributed by atoms with Gasteiger partial charge in [0.2, 0.25) is 0 Å². The number of carbonyl (C=O) groups is 2. The number of hydrogen-bond donors (Lipinski definition) is 1. The first-order chi connectivity index (χ1) is 15.9. The Morgan fingerprint density at radius 1 is 0.970 bits per heavy atom. The second-order valence-corrected chi connectivity index (χ2v) is 7.93. The lowest BCUT2D eigenvalue weighted by Gasteiger charge is -2.22. The predicted molar refractivity (Wildman–Crippen MR) is 127 cm³/mol. The van der Waals surface area contributed by atoms with Crippen LogP contribution in [0.3, 0.4) is 0 Å². The van der Waals surface area contributed by atoms with Crippen molar-refractivity contribution < 1.29 is 28.9 Å². The summed E-state index contributed by atoms with van der Waals surface area (Å²) in [5.41, 5.74) is 0.843. The van der Waals surface area contributed by atoms with Crippen LogP contribution in [0.1, 0.15) is 38.7 Å². The van der Waals surface area contributed by atoms with Crippen molar-refractivity contribution in [3.63, 3.8) is 0 Å². The molecule has 2 aromatic rings. The average Bonchev–Trinajstić information content (AvgIpc) is 2.80. The highest BCUT2D eigenvalue weighted by Gasteiger charge is 2.18. The van der Waals surface area contributed by atoms with Gasteiger partial charge in [-0.1, -0.05) is 43.5 Å². The van der Waals surface area contributed by atoms with Crippen LogP contribution in [-0.2, 0) is 16.0 Å². The van der Waals surface area contributed by atoms with Crippen LogP contribution >= 0.6 is 11.6 Å². The van der Waals surface area contributed by atoms with Gasteiger partial charge in [-0.15, -0.1) is 0 Å². The molecule has 1 N–H and O–H groups in total. The van der Waals surface area contributed by atoms with E-state index in [4.69, 9.17) is 25.8 Å². The van der Waals surface area contributed by atoms with E-state index in [1.807, 2.05) is 12.1 Å². The van der Waals surface area contributed by atoms with Crippen molar-refractivity contribution in [3.8, 4) is 11.5 Å². The third kappa shape index (κ3) is 9.72. The zero-order valence-corrected chi connectivity index (χ0v) is 19.9. The number of aliphatic carboxylic acids is 1. The molecule has 2 aromatic carbocycles. The molecule has 1 unspecified atom stereocenters. The normalized spacial score (nSPS) is 11.6. The van der Waals surface area contributed by atoms with Gasteiger partial charge in [-0.25, -0.2) is 9.59 Å². The van der Waals surface area contributed by atoms with E-state index in [0.717, 1.165) is 24.8 Å². The fourth-order valence-corrected chi connectivity index (χ4v) is 3.27. The van der Waals surface area contributed by atoms with E-state index >= 15 is 0 Å². The standard InChI is InChI=1S/C25H32ClNO6/c1-3-5-6-15-27(25(30)33-22-13-9-20(26)10-14-22)16-17-32-21-11-7-19(8-12-21)18-23(24(28)29)31-4-2/h7-14,23H,3-6,15-18H2,1-2H3,(H,28,29). The van der Waals surface area contributed by atoms with Crippen molar-refractivity contribution in [2.24, 2.45) is 0 Å². The summed E-state index contributed by atoms with van der Waals surface area (Å²) in [5, 5.41) is 9.79. The van der Waals surface area contributed by atoms with E-state index in [1.54, 1.807) is 48.2 Å². The smallest absolute Gasteiger partial charge is 0.415 e. The summed E-state index contributed by atoms with van der Waals surface area (Å²) in [6.07, 6.45) is 1.94. The zero-order chi connectivity index (χ0) is 24.1. The van der Waals surface area contributed by atoms with Gasteiger partial charge in [-0.3, -0.25) is 0 Å². The first kappa shape index (κ1) is 26.5. The molecular formula is C25H32ClNO6. The number of carboxylic acids is 1. The van der Waals surface area contributed by atoms with Crippen LogP contribution in [0.15, 0.2) is 48.5 Å². The Morgan fingerprint density at radius 3 is 2.24 bits per heavy atom. The van der Waals surface area contributed by atoms with Crippen molar-refractivity contribution in [2.45, 2.75) is 45.6 Å². The van der Waals surface area contributed by atoms with Gasteiger partial charge in [0, 0.05) is 24.6 Å². The molecule has 2 rings (SSSR count). The van der Waals surface area contributed by atoms with E-state index in [0.29, 0.717) is 42.8 Å². The van der Waals surface area contributed by atoms with E-state index in [1.165, 1.54) is 0 Å². The van der Waals surface area contributed by atoms with E-state index in [2.05, 4.69) is 6.92 Å². The van der Waals surface area contributed by atoms with Gasteiger partial charge >= 0.3 is 12.1 Å². The van der Waals surface area contributed by atoms with Crippen molar-refractivity contribution in [1.29, 1.82) is 0 Å². The largest absolute Gasteiger partial charge is 0.492 e. The molecule has 0 aromatic heterocycles. The van der Waals surface area contributed by atoms with Gasteiger partial charge in [0.15, 0.2) is 6.10 Å². The molecule has 0 saturated heterocycles. The Bertz CT molecular complexity index is 856. The summed E-state index contributed by atoms with van der Waals surface area (Å²) in [6, 6.07) is 13.9. The molecule has 0 aliphatic carbocycles. The molecule has 1 atom stereocenters. The average molecular weight is 478 g/mol. The minimum Gasteiger partial charge on any atom is -0.492 e. The Labute approximate surface area is 200 Å². The summed E-state index contributed by atoms with van der Waals surface area (Å²) in [4.78, 5) is 25.5. The Morgan fingerprint density at radius 2 is 1.64 bits per heavy atom. The van der Waals surface area contributed by atoms with Gasteiger partial charge in [-0.05, 0) is 55.3 Å². The lowest BCUT2D eigenvalue weighted by molar-refractivity contribution is -0.149. The number of benzene rings is 2. The summed E-state index contributed by atoms with van der Waals surface area (Å²) in [5.74, 6) is 0.0977. The fraction of sp³-hybridized carbons (Fsp3) is 0.440. The van der Waals surface area contributed by atoms with Gasteiger partial charge in [0.05, 0.1) is 6.54 Å². The number of hydrogen-bond acceptors (Lipinski definition) is 5. The van der Waals surface area contributed by atoms with Crippen LogP contribution in [0, 0.1) is 0 Å². The van der Waals surface area contributed by atoms with E-state index in [9.17, 15) is 14.7 Å². The predicted octanol–water partition coefficient (Wildman–Crippen LogP) is 5.44. The zero-order valence-electron chi connectivity index (χ0n) is 19.2. The van der Waals surface area contributed by atoms with Crippen LogP contribution in [0.5, 0.6) is 11.5 Å². The maximum atomic E-state index is 12.6. The topological polar surface area (TPSA) is 85.3 Å². The third-order valence-electron chi connectivity index (χ3n) is 4.93. The summed E-state index contributed by atoms with van der Waals surface area (Å²) in [6.45, 7) is 5.48. The lowest BCUT2D eigenvalue weighted by Crippen LogP contribution is -2.37. The van der Waals surface area contributed by atoms with Gasteiger partial charge < -0.3 is 24.2 Å². The number of nitrogens with zero attached hydrogens (tertiary/aromatic N) is 1. The minimum absolute atomic E-state index is 0.283. The van der Waals surface area contributed by atoms with Gasteiger partial charge in [0.1, 0.15) is 18.1 Å². The Balaban J connectivity index is 1.89. The molecule has 0 saturated carbocycles. The molecule has 0 bridgehead atoms. The van der Waals surface area contributed by atoms with Crippen LogP contribution in [-0.4, -0.2) is 54.5 Å². The lowest BCUT2D eigenvalue weighted by atomic mass is 10.1. The second kappa shape index (κ2) is 14.4. The molecule has 0 aliphatic rings.